The van der Waals surface area contributed by atoms with E-state index < -0.39 is 5.91 Å². The van der Waals surface area contributed by atoms with Crippen LogP contribution in [0.4, 0.5) is 10.1 Å². The van der Waals surface area contributed by atoms with Gasteiger partial charge in [0.25, 0.3) is 5.91 Å². The van der Waals surface area contributed by atoms with Gasteiger partial charge in [0.15, 0.2) is 11.5 Å². The number of nitrogens with zero attached hydrogens (tertiary/aromatic N) is 1. The molecule has 3 rings (SSSR count). The van der Waals surface area contributed by atoms with Crippen molar-refractivity contribution in [3.8, 4) is 17.6 Å². The van der Waals surface area contributed by atoms with E-state index in [0.717, 1.165) is 16.7 Å². The van der Waals surface area contributed by atoms with E-state index in [9.17, 15) is 14.4 Å². The van der Waals surface area contributed by atoms with Gasteiger partial charge in [-0.1, -0.05) is 45.8 Å². The fourth-order valence-corrected chi connectivity index (χ4v) is 3.56. The highest BCUT2D eigenvalue weighted by Gasteiger charge is 2.15. The first-order valence-electron chi connectivity index (χ1n) is 10.1. The standard InChI is InChI=1S/C26H22BrFN2O3/c1-16-4-9-23(17(2)10-16)30-26(31)20(14-29)11-19-12-24(32-3)25(13-22(19)27)33-15-18-5-7-21(28)8-6-18/h4-13H,15H2,1-3H3,(H,30,31)/b20-11+. The highest BCUT2D eigenvalue weighted by Crippen LogP contribution is 2.35. The molecule has 0 aliphatic carbocycles. The van der Waals surface area contributed by atoms with Crippen LogP contribution in [-0.2, 0) is 11.4 Å². The summed E-state index contributed by atoms with van der Waals surface area (Å²) in [5, 5.41) is 12.4. The Hall–Kier alpha value is -3.63. The summed E-state index contributed by atoms with van der Waals surface area (Å²) < 4.78 is 25.0. The van der Waals surface area contributed by atoms with Crippen molar-refractivity contribution >= 4 is 33.6 Å². The van der Waals surface area contributed by atoms with Crippen LogP contribution in [0.5, 0.6) is 11.5 Å². The number of benzene rings is 3. The highest BCUT2D eigenvalue weighted by atomic mass is 79.9. The first kappa shape index (κ1) is 24.0. The van der Waals surface area contributed by atoms with Crippen molar-refractivity contribution in [2.75, 3.05) is 12.4 Å². The van der Waals surface area contributed by atoms with E-state index in [2.05, 4.69) is 21.2 Å². The second kappa shape index (κ2) is 10.8. The van der Waals surface area contributed by atoms with Crippen molar-refractivity contribution in [3.63, 3.8) is 0 Å². The predicted molar refractivity (Wildman–Crippen MR) is 130 cm³/mol. The van der Waals surface area contributed by atoms with E-state index in [0.29, 0.717) is 27.2 Å². The van der Waals surface area contributed by atoms with Gasteiger partial charge >= 0.3 is 0 Å². The first-order chi connectivity index (χ1) is 15.8. The third-order valence-electron chi connectivity index (χ3n) is 4.89. The number of hydrogen-bond donors (Lipinski definition) is 1. The Morgan fingerprint density at radius 3 is 2.48 bits per heavy atom. The number of hydrogen-bond acceptors (Lipinski definition) is 4. The predicted octanol–water partition coefficient (Wildman–Crippen LogP) is 6.34. The molecule has 1 amide bonds. The van der Waals surface area contributed by atoms with Crippen LogP contribution in [0.15, 0.2) is 64.6 Å². The second-order valence-corrected chi connectivity index (χ2v) is 8.24. The molecule has 0 aromatic heterocycles. The van der Waals surface area contributed by atoms with Crippen LogP contribution in [-0.4, -0.2) is 13.0 Å². The van der Waals surface area contributed by atoms with Gasteiger partial charge < -0.3 is 14.8 Å². The van der Waals surface area contributed by atoms with Crippen molar-refractivity contribution in [3.05, 3.63) is 92.7 Å². The number of methoxy groups -OCH3 is 1. The Labute approximate surface area is 200 Å². The molecule has 0 aliphatic rings. The largest absolute Gasteiger partial charge is 0.493 e. The maximum atomic E-state index is 13.1. The van der Waals surface area contributed by atoms with E-state index >= 15 is 0 Å². The van der Waals surface area contributed by atoms with Crippen LogP contribution >= 0.6 is 15.9 Å². The maximum Gasteiger partial charge on any atom is 0.266 e. The summed E-state index contributed by atoms with van der Waals surface area (Å²) >= 11 is 3.47. The van der Waals surface area contributed by atoms with E-state index in [1.54, 1.807) is 24.3 Å². The van der Waals surface area contributed by atoms with Gasteiger partial charge in [-0.15, -0.1) is 0 Å². The van der Waals surface area contributed by atoms with E-state index in [1.807, 2.05) is 38.1 Å². The molecule has 0 radical (unpaired) electrons. The molecule has 168 valence electrons. The summed E-state index contributed by atoms with van der Waals surface area (Å²) in [4.78, 5) is 12.7. The number of rotatable bonds is 7. The average Bonchev–Trinajstić information content (AvgIpc) is 2.79. The Morgan fingerprint density at radius 1 is 1.12 bits per heavy atom. The molecule has 5 nitrogen and oxygen atoms in total. The number of nitriles is 1. The number of nitrogens with one attached hydrogen (secondary N) is 1. The molecule has 1 N–H and O–H groups in total. The molecule has 0 atom stereocenters. The van der Waals surface area contributed by atoms with Gasteiger partial charge in [-0.25, -0.2) is 4.39 Å². The zero-order valence-electron chi connectivity index (χ0n) is 18.4. The molecule has 0 heterocycles. The minimum absolute atomic E-state index is 0.0577. The third-order valence-corrected chi connectivity index (χ3v) is 5.57. The molecule has 3 aromatic carbocycles. The average molecular weight is 509 g/mol. The van der Waals surface area contributed by atoms with Crippen LogP contribution in [0.2, 0.25) is 0 Å². The highest BCUT2D eigenvalue weighted by molar-refractivity contribution is 9.10. The fraction of sp³-hybridized carbons (Fsp3) is 0.154. The molecule has 0 saturated carbocycles. The Kier molecular flexibility index (Phi) is 7.86. The summed E-state index contributed by atoms with van der Waals surface area (Å²) in [6.45, 7) is 4.08. The SMILES string of the molecule is COc1cc(/C=C(\C#N)C(=O)Nc2ccc(C)cc2C)c(Br)cc1OCc1ccc(F)cc1. The summed E-state index contributed by atoms with van der Waals surface area (Å²) in [5.74, 6) is 0.0692. The van der Waals surface area contributed by atoms with Gasteiger partial charge in [0.05, 0.1) is 7.11 Å². The van der Waals surface area contributed by atoms with Gasteiger partial charge in [0.2, 0.25) is 0 Å². The minimum Gasteiger partial charge on any atom is -0.493 e. The third kappa shape index (κ3) is 6.21. The van der Waals surface area contributed by atoms with E-state index in [1.165, 1.54) is 25.3 Å². The zero-order chi connectivity index (χ0) is 24.0. The molecule has 0 unspecified atom stereocenters. The molecular weight excluding hydrogens is 487 g/mol. The van der Waals surface area contributed by atoms with Crippen LogP contribution < -0.4 is 14.8 Å². The van der Waals surface area contributed by atoms with E-state index in [4.69, 9.17) is 9.47 Å². The normalized spacial score (nSPS) is 11.0. The minimum atomic E-state index is -0.507. The second-order valence-electron chi connectivity index (χ2n) is 7.38. The van der Waals surface area contributed by atoms with Crippen LogP contribution in [0, 0.1) is 31.0 Å². The number of carbonyl (C=O) groups excluding carboxylic acids is 1. The van der Waals surface area contributed by atoms with Crippen LogP contribution in [0.25, 0.3) is 6.08 Å². The number of aryl methyl sites for hydroxylation is 2. The zero-order valence-corrected chi connectivity index (χ0v) is 20.0. The lowest BCUT2D eigenvalue weighted by Crippen LogP contribution is -2.14. The Morgan fingerprint density at radius 2 is 1.85 bits per heavy atom. The van der Waals surface area contributed by atoms with Gasteiger partial charge in [0.1, 0.15) is 24.1 Å². The smallest absolute Gasteiger partial charge is 0.266 e. The van der Waals surface area contributed by atoms with Crippen LogP contribution in [0.1, 0.15) is 22.3 Å². The monoisotopic (exact) mass is 508 g/mol. The van der Waals surface area contributed by atoms with Gasteiger partial charge in [-0.05, 0) is 66.9 Å². The van der Waals surface area contributed by atoms with Crippen LogP contribution in [0.3, 0.4) is 0 Å². The van der Waals surface area contributed by atoms with Crippen molar-refractivity contribution in [2.45, 2.75) is 20.5 Å². The maximum absolute atomic E-state index is 13.1. The number of amides is 1. The van der Waals surface area contributed by atoms with Gasteiger partial charge in [0, 0.05) is 10.2 Å². The Balaban J connectivity index is 1.82. The lowest BCUT2D eigenvalue weighted by Gasteiger charge is -2.13. The molecular formula is C26H22BrFN2O3. The molecule has 3 aromatic rings. The van der Waals surface area contributed by atoms with Crippen molar-refractivity contribution in [2.24, 2.45) is 0 Å². The van der Waals surface area contributed by atoms with Gasteiger partial charge in [-0.3, -0.25) is 4.79 Å². The summed E-state index contributed by atoms with van der Waals surface area (Å²) in [5.41, 5.74) is 3.96. The quantitative estimate of drug-likeness (QED) is 0.298. The molecule has 7 heteroatoms. The summed E-state index contributed by atoms with van der Waals surface area (Å²) in [6, 6.07) is 17.0. The number of halogens is 2. The first-order valence-corrected chi connectivity index (χ1v) is 10.8. The number of carbonyl (C=O) groups is 1. The van der Waals surface area contributed by atoms with Crippen molar-refractivity contribution in [1.29, 1.82) is 5.26 Å². The van der Waals surface area contributed by atoms with Crippen molar-refractivity contribution < 1.29 is 18.7 Å². The molecule has 0 saturated heterocycles. The summed E-state index contributed by atoms with van der Waals surface area (Å²) in [7, 11) is 1.50. The molecule has 0 bridgehead atoms. The molecule has 0 fully saturated rings. The number of anilines is 1. The van der Waals surface area contributed by atoms with Crippen molar-refractivity contribution in [1.82, 2.24) is 0 Å². The topological polar surface area (TPSA) is 71.3 Å². The molecule has 33 heavy (non-hydrogen) atoms. The van der Waals surface area contributed by atoms with E-state index in [-0.39, 0.29) is 18.0 Å². The fourth-order valence-electron chi connectivity index (χ4n) is 3.12. The lowest BCUT2D eigenvalue weighted by atomic mass is 10.1. The summed E-state index contributed by atoms with van der Waals surface area (Å²) in [6.07, 6.45) is 1.48. The molecule has 0 spiro atoms. The number of ether oxygens (including phenoxy) is 2. The lowest BCUT2D eigenvalue weighted by molar-refractivity contribution is -0.112. The van der Waals surface area contributed by atoms with Gasteiger partial charge in [-0.2, -0.15) is 5.26 Å². The Bertz CT molecular complexity index is 1250. The molecule has 0 aliphatic heterocycles.